The number of nitrogens with zero attached hydrogens (tertiary/aromatic N) is 2. The zero-order chi connectivity index (χ0) is 21.9. The zero-order valence-electron chi connectivity index (χ0n) is 18.4. The highest BCUT2D eigenvalue weighted by molar-refractivity contribution is 5.93. The Bertz CT molecular complexity index is 1060. The van der Waals surface area contributed by atoms with Crippen molar-refractivity contribution >= 4 is 11.7 Å². The number of anilines is 1. The van der Waals surface area contributed by atoms with Crippen molar-refractivity contribution in [1.82, 2.24) is 9.80 Å². The maximum Gasteiger partial charge on any atom is 0.322 e. The summed E-state index contributed by atoms with van der Waals surface area (Å²) in [5.41, 5.74) is 4.53. The molecule has 5 rings (SSSR count). The van der Waals surface area contributed by atoms with E-state index in [1.54, 1.807) is 7.11 Å². The molecule has 2 amide bonds. The van der Waals surface area contributed by atoms with Crippen molar-refractivity contribution in [2.75, 3.05) is 25.5 Å². The van der Waals surface area contributed by atoms with E-state index in [0.717, 1.165) is 49.5 Å². The maximum absolute atomic E-state index is 13.3. The number of methoxy groups -OCH3 is 1. The van der Waals surface area contributed by atoms with Crippen LogP contribution in [0.5, 0.6) is 5.75 Å². The molecule has 1 atom stereocenters. The van der Waals surface area contributed by atoms with Crippen LogP contribution in [0.3, 0.4) is 0 Å². The molecular formula is C27H29N3O2. The molecule has 1 unspecified atom stereocenters. The van der Waals surface area contributed by atoms with E-state index in [2.05, 4.69) is 63.6 Å². The lowest BCUT2D eigenvalue weighted by molar-refractivity contribution is 0.106. The lowest BCUT2D eigenvalue weighted by Gasteiger charge is -2.45. The number of para-hydroxylation sites is 1. The van der Waals surface area contributed by atoms with Crippen LogP contribution in [0.4, 0.5) is 10.5 Å². The molecule has 2 heterocycles. The Morgan fingerprint density at radius 1 is 0.906 bits per heavy atom. The van der Waals surface area contributed by atoms with Gasteiger partial charge < -0.3 is 15.0 Å². The smallest absolute Gasteiger partial charge is 0.322 e. The summed E-state index contributed by atoms with van der Waals surface area (Å²) in [6.45, 7) is 2.88. The summed E-state index contributed by atoms with van der Waals surface area (Å²) < 4.78 is 5.26. The molecule has 0 aliphatic carbocycles. The van der Waals surface area contributed by atoms with Gasteiger partial charge in [-0.1, -0.05) is 60.7 Å². The van der Waals surface area contributed by atoms with Gasteiger partial charge in [0, 0.05) is 36.9 Å². The lowest BCUT2D eigenvalue weighted by Crippen LogP contribution is -2.52. The van der Waals surface area contributed by atoms with Gasteiger partial charge >= 0.3 is 6.03 Å². The predicted octanol–water partition coefficient (Wildman–Crippen LogP) is 5.30. The van der Waals surface area contributed by atoms with Crippen molar-refractivity contribution in [3.63, 3.8) is 0 Å². The Morgan fingerprint density at radius 3 is 2.31 bits per heavy atom. The first-order valence-corrected chi connectivity index (χ1v) is 11.3. The van der Waals surface area contributed by atoms with Crippen molar-refractivity contribution in [2.24, 2.45) is 0 Å². The topological polar surface area (TPSA) is 44.8 Å². The van der Waals surface area contributed by atoms with E-state index in [1.165, 1.54) is 11.1 Å². The van der Waals surface area contributed by atoms with Gasteiger partial charge in [0.25, 0.3) is 0 Å². The van der Waals surface area contributed by atoms with E-state index in [1.807, 2.05) is 30.3 Å². The third-order valence-corrected chi connectivity index (χ3v) is 6.64. The second-order valence-corrected chi connectivity index (χ2v) is 8.59. The van der Waals surface area contributed by atoms with E-state index in [9.17, 15) is 4.79 Å². The third-order valence-electron chi connectivity index (χ3n) is 6.64. The van der Waals surface area contributed by atoms with Gasteiger partial charge in [-0.3, -0.25) is 4.90 Å². The Morgan fingerprint density at radius 2 is 1.59 bits per heavy atom. The fourth-order valence-electron chi connectivity index (χ4n) is 4.99. The van der Waals surface area contributed by atoms with Gasteiger partial charge in [-0.05, 0) is 42.2 Å². The van der Waals surface area contributed by atoms with Crippen LogP contribution in [-0.2, 0) is 6.54 Å². The molecule has 2 aliphatic heterocycles. The minimum atomic E-state index is -0.0562. The molecule has 1 N–H and O–H groups in total. The second-order valence-electron chi connectivity index (χ2n) is 8.59. The lowest BCUT2D eigenvalue weighted by atomic mass is 9.90. The molecule has 0 saturated carbocycles. The molecule has 1 fully saturated rings. The Balaban J connectivity index is 1.34. The quantitative estimate of drug-likeness (QED) is 0.601. The summed E-state index contributed by atoms with van der Waals surface area (Å²) in [5.74, 6) is 0.885. The van der Waals surface area contributed by atoms with Crippen LogP contribution in [0.2, 0.25) is 0 Å². The second kappa shape index (κ2) is 9.05. The summed E-state index contributed by atoms with van der Waals surface area (Å²) in [6, 6.07) is 27.0. The average Bonchev–Trinajstić information content (AvgIpc) is 2.85. The van der Waals surface area contributed by atoms with E-state index < -0.39 is 0 Å². The minimum absolute atomic E-state index is 0.00570. The first-order chi connectivity index (χ1) is 15.7. The van der Waals surface area contributed by atoms with Crippen molar-refractivity contribution < 1.29 is 9.53 Å². The fourth-order valence-corrected chi connectivity index (χ4v) is 4.99. The number of amides is 2. The number of carbonyl (C=O) groups excluding carboxylic acids is 1. The maximum atomic E-state index is 13.3. The fraction of sp³-hybridized carbons (Fsp3) is 0.296. The van der Waals surface area contributed by atoms with Crippen molar-refractivity contribution in [3.05, 3.63) is 95.6 Å². The van der Waals surface area contributed by atoms with Gasteiger partial charge in [0.15, 0.2) is 0 Å². The van der Waals surface area contributed by atoms with Crippen molar-refractivity contribution in [2.45, 2.75) is 31.5 Å². The molecule has 3 aromatic carbocycles. The van der Waals surface area contributed by atoms with Crippen molar-refractivity contribution in [1.29, 1.82) is 0 Å². The molecule has 3 aromatic rings. The van der Waals surface area contributed by atoms with Crippen LogP contribution < -0.4 is 10.1 Å². The third kappa shape index (κ3) is 4.08. The molecule has 0 aromatic heterocycles. The number of carbonyl (C=O) groups is 1. The number of benzene rings is 3. The highest BCUT2D eigenvalue weighted by Gasteiger charge is 2.38. The van der Waals surface area contributed by atoms with Crippen LogP contribution in [0.15, 0.2) is 78.9 Å². The minimum Gasteiger partial charge on any atom is -0.497 e. The summed E-state index contributed by atoms with van der Waals surface area (Å²) in [5, 5.41) is 3.13. The van der Waals surface area contributed by atoms with Crippen LogP contribution in [0.25, 0.3) is 0 Å². The molecule has 32 heavy (non-hydrogen) atoms. The highest BCUT2D eigenvalue weighted by Crippen LogP contribution is 2.40. The largest absolute Gasteiger partial charge is 0.497 e. The Hall–Kier alpha value is -3.31. The van der Waals surface area contributed by atoms with E-state index in [0.29, 0.717) is 0 Å². The number of hydrogen-bond acceptors (Lipinski definition) is 3. The number of fused-ring (bicyclic) bond motifs is 1. The van der Waals surface area contributed by atoms with Gasteiger partial charge in [0.1, 0.15) is 5.75 Å². The SMILES string of the molecule is COc1ccc(CN2CCC(N3C(=O)Nc4ccccc4C3c3ccccc3)CC2)cc1. The normalized spacial score (nSPS) is 19.3. The monoisotopic (exact) mass is 427 g/mol. The van der Waals surface area contributed by atoms with E-state index in [4.69, 9.17) is 4.74 Å². The van der Waals surface area contributed by atoms with E-state index >= 15 is 0 Å². The Kier molecular flexibility index (Phi) is 5.82. The molecule has 5 heteroatoms. The van der Waals surface area contributed by atoms with Crippen LogP contribution >= 0.6 is 0 Å². The zero-order valence-corrected chi connectivity index (χ0v) is 18.4. The number of likely N-dealkylation sites (tertiary alicyclic amines) is 1. The van der Waals surface area contributed by atoms with Crippen molar-refractivity contribution in [3.8, 4) is 5.75 Å². The number of nitrogens with one attached hydrogen (secondary N) is 1. The Labute approximate surface area is 189 Å². The van der Waals surface area contributed by atoms with E-state index in [-0.39, 0.29) is 18.1 Å². The molecule has 5 nitrogen and oxygen atoms in total. The summed E-state index contributed by atoms with van der Waals surface area (Å²) in [6.07, 6.45) is 1.93. The molecule has 0 bridgehead atoms. The summed E-state index contributed by atoms with van der Waals surface area (Å²) in [7, 11) is 1.69. The van der Waals surface area contributed by atoms with Gasteiger partial charge in [0.2, 0.25) is 0 Å². The molecule has 0 spiro atoms. The molecule has 0 radical (unpaired) electrons. The van der Waals surface area contributed by atoms with Gasteiger partial charge in [0.05, 0.1) is 13.2 Å². The van der Waals surface area contributed by atoms with Gasteiger partial charge in [-0.2, -0.15) is 0 Å². The molecule has 1 saturated heterocycles. The molecule has 164 valence electrons. The number of rotatable bonds is 5. The summed E-state index contributed by atoms with van der Waals surface area (Å²) in [4.78, 5) is 17.8. The van der Waals surface area contributed by atoms with Gasteiger partial charge in [-0.15, -0.1) is 0 Å². The standard InChI is InChI=1S/C27H29N3O2/c1-32-23-13-11-20(12-14-23)19-29-17-15-22(16-18-29)30-26(21-7-3-2-4-8-21)24-9-5-6-10-25(24)28-27(30)31/h2-14,22,26H,15-19H2,1H3,(H,28,31). The average molecular weight is 428 g/mol. The van der Waals surface area contributed by atoms with Crippen LogP contribution in [-0.4, -0.2) is 42.1 Å². The first kappa shape index (κ1) is 20.6. The summed E-state index contributed by atoms with van der Waals surface area (Å²) >= 11 is 0. The number of hydrogen-bond donors (Lipinski definition) is 1. The van der Waals surface area contributed by atoms with Crippen LogP contribution in [0.1, 0.15) is 35.6 Å². The highest BCUT2D eigenvalue weighted by atomic mass is 16.5. The van der Waals surface area contributed by atoms with Crippen LogP contribution in [0, 0.1) is 0 Å². The predicted molar refractivity (Wildman–Crippen MR) is 127 cm³/mol. The number of urea groups is 1. The first-order valence-electron chi connectivity index (χ1n) is 11.3. The number of ether oxygens (including phenoxy) is 1. The number of piperidine rings is 1. The molecular weight excluding hydrogens is 398 g/mol. The molecule has 2 aliphatic rings. The van der Waals surface area contributed by atoms with Gasteiger partial charge in [-0.25, -0.2) is 4.79 Å².